The van der Waals surface area contributed by atoms with Gasteiger partial charge >= 0.3 is 0 Å². The van der Waals surface area contributed by atoms with Gasteiger partial charge in [-0.25, -0.2) is 4.98 Å². The van der Waals surface area contributed by atoms with Crippen molar-refractivity contribution < 1.29 is 4.74 Å². The standard InChI is InChI=1S/C16H22N2OS/c1-4-8-13-15(11-17-3)20-16(18-13)12-9-6-7-10-14(12)19-5-2/h6-7,9-10,17H,4-5,8,11H2,1-3H3. The smallest absolute Gasteiger partial charge is 0.129 e. The third-order valence-electron chi connectivity index (χ3n) is 3.02. The number of hydrogen-bond donors (Lipinski definition) is 1. The van der Waals surface area contributed by atoms with Gasteiger partial charge in [-0.2, -0.15) is 0 Å². The second-order valence-corrected chi connectivity index (χ2v) is 5.68. The maximum atomic E-state index is 5.71. The van der Waals surface area contributed by atoms with Crippen LogP contribution in [-0.4, -0.2) is 18.6 Å². The van der Waals surface area contributed by atoms with Gasteiger partial charge in [0.1, 0.15) is 10.8 Å². The van der Waals surface area contributed by atoms with E-state index in [0.29, 0.717) is 6.61 Å². The Morgan fingerprint density at radius 3 is 2.75 bits per heavy atom. The largest absolute Gasteiger partial charge is 0.493 e. The first-order chi connectivity index (χ1) is 9.80. The van der Waals surface area contributed by atoms with E-state index in [-0.39, 0.29) is 0 Å². The van der Waals surface area contributed by atoms with E-state index in [4.69, 9.17) is 9.72 Å². The molecule has 3 nitrogen and oxygen atoms in total. The van der Waals surface area contributed by atoms with Gasteiger partial charge in [-0.3, -0.25) is 0 Å². The molecule has 0 aliphatic rings. The van der Waals surface area contributed by atoms with Crippen LogP contribution in [0, 0.1) is 0 Å². The Morgan fingerprint density at radius 1 is 1.25 bits per heavy atom. The molecule has 0 saturated carbocycles. The fourth-order valence-corrected chi connectivity index (χ4v) is 3.30. The molecule has 0 saturated heterocycles. The fourth-order valence-electron chi connectivity index (χ4n) is 2.15. The lowest BCUT2D eigenvalue weighted by Gasteiger charge is -2.07. The van der Waals surface area contributed by atoms with Gasteiger partial charge in [0.05, 0.1) is 17.9 Å². The summed E-state index contributed by atoms with van der Waals surface area (Å²) in [5.74, 6) is 0.919. The first kappa shape index (κ1) is 15.0. The van der Waals surface area contributed by atoms with Crippen molar-refractivity contribution in [2.24, 2.45) is 0 Å². The zero-order valence-corrected chi connectivity index (χ0v) is 13.2. The number of ether oxygens (including phenoxy) is 1. The molecule has 1 aromatic heterocycles. The van der Waals surface area contributed by atoms with Gasteiger partial charge in [-0.05, 0) is 32.5 Å². The SMILES string of the molecule is CCCc1nc(-c2ccccc2OCC)sc1CNC. The van der Waals surface area contributed by atoms with Crippen LogP contribution in [-0.2, 0) is 13.0 Å². The van der Waals surface area contributed by atoms with Crippen LogP contribution in [0.2, 0.25) is 0 Å². The third kappa shape index (κ3) is 3.38. The molecular formula is C16H22N2OS. The lowest BCUT2D eigenvalue weighted by molar-refractivity contribution is 0.341. The minimum atomic E-state index is 0.674. The van der Waals surface area contributed by atoms with E-state index in [1.54, 1.807) is 11.3 Å². The normalized spacial score (nSPS) is 10.8. The lowest BCUT2D eigenvalue weighted by Crippen LogP contribution is -2.05. The lowest BCUT2D eigenvalue weighted by atomic mass is 10.2. The highest BCUT2D eigenvalue weighted by molar-refractivity contribution is 7.15. The number of aryl methyl sites for hydroxylation is 1. The van der Waals surface area contributed by atoms with Crippen LogP contribution in [0.1, 0.15) is 30.8 Å². The van der Waals surface area contributed by atoms with Crippen molar-refractivity contribution in [1.82, 2.24) is 10.3 Å². The molecule has 1 N–H and O–H groups in total. The Bertz CT molecular complexity index is 528. The summed E-state index contributed by atoms with van der Waals surface area (Å²) in [6, 6.07) is 8.14. The highest BCUT2D eigenvalue weighted by atomic mass is 32.1. The first-order valence-corrected chi connectivity index (χ1v) is 7.97. The Morgan fingerprint density at radius 2 is 2.05 bits per heavy atom. The van der Waals surface area contributed by atoms with E-state index < -0.39 is 0 Å². The molecule has 1 aromatic carbocycles. The summed E-state index contributed by atoms with van der Waals surface area (Å²) in [5, 5.41) is 4.28. The van der Waals surface area contributed by atoms with Crippen molar-refractivity contribution in [2.45, 2.75) is 33.2 Å². The third-order valence-corrected chi connectivity index (χ3v) is 4.15. The Labute approximate surface area is 125 Å². The number of thiazole rings is 1. The summed E-state index contributed by atoms with van der Waals surface area (Å²) in [6.45, 7) is 5.75. The van der Waals surface area contributed by atoms with Crippen molar-refractivity contribution in [3.8, 4) is 16.3 Å². The summed E-state index contributed by atoms with van der Waals surface area (Å²) in [7, 11) is 1.98. The Hall–Kier alpha value is -1.39. The van der Waals surface area contributed by atoms with Crippen molar-refractivity contribution in [3.05, 3.63) is 34.8 Å². The number of nitrogens with one attached hydrogen (secondary N) is 1. The molecule has 2 aromatic rings. The Balaban J connectivity index is 2.39. The van der Waals surface area contributed by atoms with Crippen LogP contribution in [0.3, 0.4) is 0 Å². The van der Waals surface area contributed by atoms with Crippen LogP contribution in [0.15, 0.2) is 24.3 Å². The summed E-state index contributed by atoms with van der Waals surface area (Å²) in [5.41, 5.74) is 2.31. The number of nitrogens with zero attached hydrogens (tertiary/aromatic N) is 1. The minimum Gasteiger partial charge on any atom is -0.493 e. The molecule has 20 heavy (non-hydrogen) atoms. The summed E-state index contributed by atoms with van der Waals surface area (Å²) in [4.78, 5) is 6.16. The highest BCUT2D eigenvalue weighted by Crippen LogP contribution is 2.34. The van der Waals surface area contributed by atoms with Gasteiger partial charge in [0.25, 0.3) is 0 Å². The van der Waals surface area contributed by atoms with E-state index in [1.807, 2.05) is 32.2 Å². The number of aromatic nitrogens is 1. The predicted molar refractivity (Wildman–Crippen MR) is 85.5 cm³/mol. The van der Waals surface area contributed by atoms with E-state index in [2.05, 4.69) is 18.3 Å². The molecule has 0 radical (unpaired) electrons. The predicted octanol–water partition coefficient (Wildman–Crippen LogP) is 3.88. The van der Waals surface area contributed by atoms with Gasteiger partial charge in [0, 0.05) is 11.4 Å². The van der Waals surface area contributed by atoms with Crippen LogP contribution >= 0.6 is 11.3 Å². The van der Waals surface area contributed by atoms with Crippen LogP contribution in [0.25, 0.3) is 10.6 Å². The molecule has 0 spiro atoms. The maximum absolute atomic E-state index is 5.71. The fraction of sp³-hybridized carbons (Fsp3) is 0.438. The average molecular weight is 290 g/mol. The second-order valence-electron chi connectivity index (χ2n) is 4.60. The van der Waals surface area contributed by atoms with Crippen LogP contribution in [0.5, 0.6) is 5.75 Å². The van der Waals surface area contributed by atoms with Gasteiger partial charge in [-0.1, -0.05) is 25.5 Å². The number of rotatable bonds is 7. The minimum absolute atomic E-state index is 0.674. The molecule has 2 rings (SSSR count). The molecule has 0 atom stereocenters. The molecule has 0 aliphatic heterocycles. The van der Waals surface area contributed by atoms with Gasteiger partial charge in [0.2, 0.25) is 0 Å². The number of benzene rings is 1. The average Bonchev–Trinajstić information content (AvgIpc) is 2.84. The van der Waals surface area contributed by atoms with Gasteiger partial charge < -0.3 is 10.1 Å². The molecule has 108 valence electrons. The molecule has 4 heteroatoms. The zero-order valence-electron chi connectivity index (χ0n) is 12.4. The monoisotopic (exact) mass is 290 g/mol. The van der Waals surface area contributed by atoms with E-state index in [0.717, 1.165) is 35.7 Å². The quantitative estimate of drug-likeness (QED) is 0.840. The van der Waals surface area contributed by atoms with E-state index >= 15 is 0 Å². The molecule has 0 amide bonds. The topological polar surface area (TPSA) is 34.1 Å². The van der Waals surface area contributed by atoms with Gasteiger partial charge in [-0.15, -0.1) is 11.3 Å². The van der Waals surface area contributed by atoms with Crippen LogP contribution < -0.4 is 10.1 Å². The van der Waals surface area contributed by atoms with Crippen molar-refractivity contribution in [3.63, 3.8) is 0 Å². The molecule has 0 unspecified atom stereocenters. The first-order valence-electron chi connectivity index (χ1n) is 7.15. The molecule has 0 fully saturated rings. The van der Waals surface area contributed by atoms with Crippen molar-refractivity contribution >= 4 is 11.3 Å². The maximum Gasteiger partial charge on any atom is 0.129 e. The van der Waals surface area contributed by atoms with E-state index in [1.165, 1.54) is 10.6 Å². The molecule has 0 bridgehead atoms. The number of para-hydroxylation sites is 1. The number of hydrogen-bond acceptors (Lipinski definition) is 4. The second kappa shape index (κ2) is 7.41. The van der Waals surface area contributed by atoms with E-state index in [9.17, 15) is 0 Å². The van der Waals surface area contributed by atoms with Crippen molar-refractivity contribution in [1.29, 1.82) is 0 Å². The Kier molecular flexibility index (Phi) is 5.56. The molecular weight excluding hydrogens is 268 g/mol. The zero-order chi connectivity index (χ0) is 14.4. The highest BCUT2D eigenvalue weighted by Gasteiger charge is 2.14. The molecule has 1 heterocycles. The summed E-state index contributed by atoms with van der Waals surface area (Å²) < 4.78 is 5.71. The van der Waals surface area contributed by atoms with Gasteiger partial charge in [0.15, 0.2) is 0 Å². The summed E-state index contributed by atoms with van der Waals surface area (Å²) >= 11 is 1.76. The van der Waals surface area contributed by atoms with Crippen LogP contribution in [0.4, 0.5) is 0 Å². The van der Waals surface area contributed by atoms with Crippen molar-refractivity contribution in [2.75, 3.05) is 13.7 Å². The molecule has 0 aliphatic carbocycles. The summed E-state index contributed by atoms with van der Waals surface area (Å²) in [6.07, 6.45) is 2.15.